The summed E-state index contributed by atoms with van der Waals surface area (Å²) in [5, 5.41) is 9.95. The molecule has 0 saturated carbocycles. The highest BCUT2D eigenvalue weighted by atomic mass is 16.4. The Labute approximate surface area is 119 Å². The second kappa shape index (κ2) is 5.24. The highest BCUT2D eigenvalue weighted by Gasteiger charge is 2.16. The van der Waals surface area contributed by atoms with Gasteiger partial charge in [0.05, 0.1) is 12.2 Å². The van der Waals surface area contributed by atoms with Crippen molar-refractivity contribution in [3.05, 3.63) is 64.3 Å². The molecule has 0 aliphatic heterocycles. The quantitative estimate of drug-likeness (QED) is 0.720. The maximum Gasteiger partial charge on any atom is 0.349 e. The second-order valence-electron chi connectivity index (χ2n) is 4.71. The van der Waals surface area contributed by atoms with Crippen LogP contribution in [0.4, 0.5) is 0 Å². The highest BCUT2D eigenvalue weighted by Crippen LogP contribution is 2.14. The first-order valence-corrected chi connectivity index (χ1v) is 6.47. The zero-order valence-electron chi connectivity index (χ0n) is 11.3. The molecule has 2 aromatic heterocycles. The molecule has 106 valence electrons. The summed E-state index contributed by atoms with van der Waals surface area (Å²) in [4.78, 5) is 24.1. The number of fused-ring (bicyclic) bond motifs is 1. The number of benzene rings is 1. The largest absolute Gasteiger partial charge is 0.422 e. The van der Waals surface area contributed by atoms with Crippen LogP contribution in [0.5, 0.6) is 0 Å². The van der Waals surface area contributed by atoms with Gasteiger partial charge in [-0.2, -0.15) is 5.10 Å². The third kappa shape index (κ3) is 2.55. The van der Waals surface area contributed by atoms with Gasteiger partial charge in [-0.1, -0.05) is 18.2 Å². The lowest BCUT2D eigenvalue weighted by Crippen LogP contribution is -2.30. The number of hydrogen-bond donors (Lipinski definition) is 2. The summed E-state index contributed by atoms with van der Waals surface area (Å²) in [6.07, 6.45) is 3.31. The molecular formula is C15H13N3O3. The van der Waals surface area contributed by atoms with Crippen molar-refractivity contribution in [3.8, 4) is 0 Å². The number of aromatic amines is 1. The smallest absolute Gasteiger partial charge is 0.349 e. The van der Waals surface area contributed by atoms with Crippen LogP contribution >= 0.6 is 0 Å². The van der Waals surface area contributed by atoms with Gasteiger partial charge in [0.1, 0.15) is 11.1 Å². The number of H-pyrrole nitrogens is 1. The summed E-state index contributed by atoms with van der Waals surface area (Å²) in [6, 6.07) is 8.34. The van der Waals surface area contributed by atoms with E-state index in [1.165, 1.54) is 0 Å². The van der Waals surface area contributed by atoms with Gasteiger partial charge in [-0.25, -0.2) is 4.79 Å². The number of amides is 1. The Hall–Kier alpha value is -2.89. The van der Waals surface area contributed by atoms with Crippen LogP contribution in [-0.2, 0) is 0 Å². The summed E-state index contributed by atoms with van der Waals surface area (Å²) < 4.78 is 5.15. The third-order valence-electron chi connectivity index (χ3n) is 3.25. The van der Waals surface area contributed by atoms with E-state index in [1.807, 2.05) is 13.0 Å². The van der Waals surface area contributed by atoms with Gasteiger partial charge in [0.25, 0.3) is 5.91 Å². The maximum atomic E-state index is 12.2. The minimum absolute atomic E-state index is 0.0101. The summed E-state index contributed by atoms with van der Waals surface area (Å²) in [6.45, 7) is 1.81. The molecule has 1 atom stereocenters. The molecule has 1 amide bonds. The molecule has 2 N–H and O–H groups in total. The van der Waals surface area contributed by atoms with Crippen molar-refractivity contribution >= 4 is 16.9 Å². The lowest BCUT2D eigenvalue weighted by Gasteiger charge is -2.11. The minimum atomic E-state index is -0.648. The van der Waals surface area contributed by atoms with Crippen LogP contribution in [0.3, 0.4) is 0 Å². The maximum absolute atomic E-state index is 12.2. The van der Waals surface area contributed by atoms with E-state index in [9.17, 15) is 9.59 Å². The van der Waals surface area contributed by atoms with Crippen LogP contribution in [0.2, 0.25) is 0 Å². The Morgan fingerprint density at radius 3 is 2.95 bits per heavy atom. The van der Waals surface area contributed by atoms with Gasteiger partial charge >= 0.3 is 5.63 Å². The number of aromatic nitrogens is 2. The van der Waals surface area contributed by atoms with Crippen molar-refractivity contribution in [3.63, 3.8) is 0 Å². The Morgan fingerprint density at radius 2 is 2.19 bits per heavy atom. The molecule has 3 rings (SSSR count). The van der Waals surface area contributed by atoms with E-state index >= 15 is 0 Å². The molecule has 0 radical (unpaired) electrons. The van der Waals surface area contributed by atoms with Crippen LogP contribution in [0.15, 0.2) is 51.9 Å². The van der Waals surface area contributed by atoms with E-state index in [4.69, 9.17) is 4.42 Å². The fourth-order valence-corrected chi connectivity index (χ4v) is 2.08. The van der Waals surface area contributed by atoms with Crippen LogP contribution in [0.1, 0.15) is 28.9 Å². The van der Waals surface area contributed by atoms with Crippen molar-refractivity contribution in [1.82, 2.24) is 15.5 Å². The fourth-order valence-electron chi connectivity index (χ4n) is 2.08. The van der Waals surface area contributed by atoms with E-state index in [-0.39, 0.29) is 11.6 Å². The molecule has 0 fully saturated rings. The van der Waals surface area contributed by atoms with Crippen molar-refractivity contribution < 1.29 is 9.21 Å². The van der Waals surface area contributed by atoms with Gasteiger partial charge in [0.15, 0.2) is 0 Å². The first kappa shape index (κ1) is 13.1. The average Bonchev–Trinajstić information content (AvgIpc) is 3.00. The molecular weight excluding hydrogens is 270 g/mol. The monoisotopic (exact) mass is 283 g/mol. The minimum Gasteiger partial charge on any atom is -0.422 e. The SMILES string of the molecule is CC(NC(=O)c1cc2ccccc2oc1=O)c1cn[nH]c1. The fraction of sp³-hybridized carbons (Fsp3) is 0.133. The van der Waals surface area contributed by atoms with Crippen molar-refractivity contribution in [2.45, 2.75) is 13.0 Å². The van der Waals surface area contributed by atoms with Crippen LogP contribution < -0.4 is 10.9 Å². The zero-order chi connectivity index (χ0) is 14.8. The molecule has 1 aromatic carbocycles. The number of rotatable bonds is 3. The highest BCUT2D eigenvalue weighted by molar-refractivity contribution is 5.96. The Bertz CT molecular complexity index is 837. The van der Waals surface area contributed by atoms with E-state index in [0.717, 1.165) is 5.56 Å². The number of hydrogen-bond acceptors (Lipinski definition) is 4. The lowest BCUT2D eigenvalue weighted by molar-refractivity contribution is 0.0936. The normalized spacial score (nSPS) is 12.2. The number of carbonyl (C=O) groups is 1. The topological polar surface area (TPSA) is 88.0 Å². The Balaban J connectivity index is 1.91. The molecule has 1 unspecified atom stereocenters. The molecule has 0 aliphatic rings. The van der Waals surface area contributed by atoms with Gasteiger partial charge in [-0.3, -0.25) is 9.89 Å². The van der Waals surface area contributed by atoms with Crippen molar-refractivity contribution in [2.24, 2.45) is 0 Å². The Kier molecular flexibility index (Phi) is 3.27. The van der Waals surface area contributed by atoms with Gasteiger partial charge in [0, 0.05) is 17.1 Å². The van der Waals surface area contributed by atoms with E-state index in [2.05, 4.69) is 15.5 Å². The van der Waals surface area contributed by atoms with Gasteiger partial charge in [0.2, 0.25) is 0 Å². The van der Waals surface area contributed by atoms with Crippen LogP contribution in [0, 0.1) is 0 Å². The van der Waals surface area contributed by atoms with Crippen LogP contribution in [0.25, 0.3) is 11.0 Å². The summed E-state index contributed by atoms with van der Waals surface area (Å²) >= 11 is 0. The van der Waals surface area contributed by atoms with Crippen molar-refractivity contribution in [1.29, 1.82) is 0 Å². The molecule has 6 nitrogen and oxygen atoms in total. The molecule has 6 heteroatoms. The summed E-state index contributed by atoms with van der Waals surface area (Å²) in [5.41, 5.74) is 0.630. The standard InChI is InChI=1S/C15H13N3O3/c1-9(11-7-16-17-8-11)18-14(19)12-6-10-4-2-3-5-13(10)21-15(12)20/h2-9H,1H3,(H,16,17)(H,18,19). The third-order valence-corrected chi connectivity index (χ3v) is 3.25. The van der Waals surface area contributed by atoms with E-state index in [1.54, 1.807) is 36.7 Å². The number of carbonyl (C=O) groups excluding carboxylic acids is 1. The van der Waals surface area contributed by atoms with E-state index in [0.29, 0.717) is 11.0 Å². The zero-order valence-corrected chi connectivity index (χ0v) is 11.3. The molecule has 0 bridgehead atoms. The van der Waals surface area contributed by atoms with Crippen LogP contribution in [-0.4, -0.2) is 16.1 Å². The Morgan fingerprint density at radius 1 is 1.38 bits per heavy atom. The summed E-state index contributed by atoms with van der Waals surface area (Å²) in [5.74, 6) is -0.469. The van der Waals surface area contributed by atoms with Gasteiger partial charge in [-0.05, 0) is 19.1 Å². The van der Waals surface area contributed by atoms with E-state index < -0.39 is 11.5 Å². The van der Waals surface area contributed by atoms with Crippen molar-refractivity contribution in [2.75, 3.05) is 0 Å². The number of nitrogens with one attached hydrogen (secondary N) is 2. The molecule has 3 aromatic rings. The molecule has 0 spiro atoms. The van der Waals surface area contributed by atoms with Gasteiger partial charge < -0.3 is 9.73 Å². The average molecular weight is 283 g/mol. The molecule has 0 aliphatic carbocycles. The second-order valence-corrected chi connectivity index (χ2v) is 4.71. The first-order chi connectivity index (χ1) is 10.1. The van der Waals surface area contributed by atoms with Gasteiger partial charge in [-0.15, -0.1) is 0 Å². The lowest BCUT2D eigenvalue weighted by atomic mass is 10.1. The summed E-state index contributed by atoms with van der Waals surface area (Å²) in [7, 11) is 0. The number of nitrogens with zero attached hydrogens (tertiary/aromatic N) is 1. The number of para-hydroxylation sites is 1. The predicted molar refractivity (Wildman–Crippen MR) is 77.0 cm³/mol. The predicted octanol–water partition coefficient (Wildman–Crippen LogP) is 2.01. The molecule has 2 heterocycles. The first-order valence-electron chi connectivity index (χ1n) is 6.47. The molecule has 21 heavy (non-hydrogen) atoms. The molecule has 0 saturated heterocycles.